The van der Waals surface area contributed by atoms with Gasteiger partial charge in [0.1, 0.15) is 0 Å². The van der Waals surface area contributed by atoms with Crippen molar-refractivity contribution in [2.45, 2.75) is 32.2 Å². The molecule has 1 saturated heterocycles. The Morgan fingerprint density at radius 2 is 2.00 bits per heavy atom. The quantitative estimate of drug-likeness (QED) is 0.844. The summed E-state index contributed by atoms with van der Waals surface area (Å²) in [5.74, 6) is 0.543. The van der Waals surface area contributed by atoms with Crippen LogP contribution in [0.15, 0.2) is 36.5 Å². The summed E-state index contributed by atoms with van der Waals surface area (Å²) in [6, 6.07) is 10.2. The topological polar surface area (TPSA) is 84.1 Å². The fourth-order valence-corrected chi connectivity index (χ4v) is 3.10. The highest BCUT2D eigenvalue weighted by Gasteiger charge is 2.23. The number of likely N-dealkylation sites (tertiary alicyclic amines) is 1. The van der Waals surface area contributed by atoms with Crippen LogP contribution in [0.25, 0.3) is 0 Å². The molecule has 0 saturated carbocycles. The molecule has 6 nitrogen and oxygen atoms in total. The molecule has 1 aromatic carbocycles. The normalized spacial score (nSPS) is 15.2. The summed E-state index contributed by atoms with van der Waals surface area (Å²) in [5.41, 5.74) is 8.17. The fourth-order valence-electron chi connectivity index (χ4n) is 3.10. The van der Waals surface area contributed by atoms with E-state index in [9.17, 15) is 4.79 Å². The second-order valence-corrected chi connectivity index (χ2v) is 6.37. The highest BCUT2D eigenvalue weighted by molar-refractivity contribution is 5.95. The molecule has 2 aromatic rings. The SMILES string of the molecule is C[C@H](Nc1ncc(C(=O)N2CCCC2)c(CCN)n1)c1ccccc1. The molecule has 0 unspecified atom stereocenters. The lowest BCUT2D eigenvalue weighted by Gasteiger charge is -2.18. The first-order chi connectivity index (χ1) is 12.2. The van der Waals surface area contributed by atoms with Gasteiger partial charge in [-0.25, -0.2) is 9.97 Å². The minimum Gasteiger partial charge on any atom is -0.348 e. The molecule has 0 spiro atoms. The van der Waals surface area contributed by atoms with Crippen molar-refractivity contribution in [3.05, 3.63) is 53.3 Å². The van der Waals surface area contributed by atoms with E-state index in [1.807, 2.05) is 23.1 Å². The van der Waals surface area contributed by atoms with Crippen molar-refractivity contribution in [2.75, 3.05) is 25.0 Å². The summed E-state index contributed by atoms with van der Waals surface area (Å²) >= 11 is 0. The summed E-state index contributed by atoms with van der Waals surface area (Å²) < 4.78 is 0. The molecule has 0 aliphatic carbocycles. The molecule has 3 rings (SSSR count). The molecule has 2 heterocycles. The van der Waals surface area contributed by atoms with E-state index < -0.39 is 0 Å². The molecule has 1 aliphatic heterocycles. The Hall–Kier alpha value is -2.47. The number of benzene rings is 1. The molecule has 1 atom stereocenters. The number of carbonyl (C=O) groups excluding carboxylic acids is 1. The van der Waals surface area contributed by atoms with Crippen LogP contribution in [0.1, 0.15) is 47.4 Å². The molecule has 0 bridgehead atoms. The van der Waals surface area contributed by atoms with E-state index in [2.05, 4.69) is 34.3 Å². The van der Waals surface area contributed by atoms with Crippen LogP contribution < -0.4 is 11.1 Å². The minimum absolute atomic E-state index is 0.0172. The number of hydrogen-bond donors (Lipinski definition) is 2. The molecule has 1 fully saturated rings. The zero-order chi connectivity index (χ0) is 17.6. The van der Waals surface area contributed by atoms with Gasteiger partial charge in [-0.2, -0.15) is 0 Å². The van der Waals surface area contributed by atoms with Gasteiger partial charge in [0.2, 0.25) is 5.95 Å². The van der Waals surface area contributed by atoms with Crippen LogP contribution in [0, 0.1) is 0 Å². The van der Waals surface area contributed by atoms with E-state index in [0.29, 0.717) is 24.5 Å². The number of rotatable bonds is 6. The maximum absolute atomic E-state index is 12.7. The summed E-state index contributed by atoms with van der Waals surface area (Å²) in [5, 5.41) is 3.30. The lowest BCUT2D eigenvalue weighted by molar-refractivity contribution is 0.0791. The Balaban J connectivity index is 1.79. The molecule has 0 radical (unpaired) electrons. The van der Waals surface area contributed by atoms with Crippen LogP contribution in [-0.2, 0) is 6.42 Å². The Kier molecular flexibility index (Phi) is 5.60. The van der Waals surface area contributed by atoms with E-state index in [-0.39, 0.29) is 11.9 Å². The number of nitrogens with zero attached hydrogens (tertiary/aromatic N) is 3. The lowest BCUT2D eigenvalue weighted by atomic mass is 10.1. The molecule has 132 valence electrons. The smallest absolute Gasteiger partial charge is 0.257 e. The number of carbonyl (C=O) groups is 1. The van der Waals surface area contributed by atoms with Gasteiger partial charge in [0.25, 0.3) is 5.91 Å². The van der Waals surface area contributed by atoms with Crippen molar-refractivity contribution in [2.24, 2.45) is 5.73 Å². The van der Waals surface area contributed by atoms with Gasteiger partial charge in [0, 0.05) is 25.7 Å². The highest BCUT2D eigenvalue weighted by atomic mass is 16.2. The van der Waals surface area contributed by atoms with Crippen molar-refractivity contribution in [3.63, 3.8) is 0 Å². The first-order valence-electron chi connectivity index (χ1n) is 8.86. The maximum atomic E-state index is 12.7. The molecule has 3 N–H and O–H groups in total. The van der Waals surface area contributed by atoms with Crippen LogP contribution >= 0.6 is 0 Å². The number of anilines is 1. The fraction of sp³-hybridized carbons (Fsp3) is 0.421. The molecule has 1 aromatic heterocycles. The van der Waals surface area contributed by atoms with E-state index >= 15 is 0 Å². The van der Waals surface area contributed by atoms with Crippen molar-refractivity contribution in [3.8, 4) is 0 Å². The van der Waals surface area contributed by atoms with Crippen LogP contribution in [-0.4, -0.2) is 40.4 Å². The Bertz CT molecular complexity index is 713. The van der Waals surface area contributed by atoms with Crippen molar-refractivity contribution >= 4 is 11.9 Å². The highest BCUT2D eigenvalue weighted by Crippen LogP contribution is 2.19. The van der Waals surface area contributed by atoms with Crippen molar-refractivity contribution in [1.29, 1.82) is 0 Å². The third-order valence-corrected chi connectivity index (χ3v) is 4.52. The predicted molar refractivity (Wildman–Crippen MR) is 98.4 cm³/mol. The zero-order valence-corrected chi connectivity index (χ0v) is 14.6. The lowest BCUT2D eigenvalue weighted by Crippen LogP contribution is -2.29. The van der Waals surface area contributed by atoms with Gasteiger partial charge in [-0.3, -0.25) is 4.79 Å². The average molecular weight is 339 g/mol. The van der Waals surface area contributed by atoms with Gasteiger partial charge < -0.3 is 16.0 Å². The third-order valence-electron chi connectivity index (χ3n) is 4.52. The first-order valence-corrected chi connectivity index (χ1v) is 8.86. The van der Waals surface area contributed by atoms with Gasteiger partial charge >= 0.3 is 0 Å². The van der Waals surface area contributed by atoms with E-state index in [0.717, 1.165) is 37.2 Å². The Morgan fingerprint density at radius 3 is 2.68 bits per heavy atom. The summed E-state index contributed by atoms with van der Waals surface area (Å²) in [4.78, 5) is 23.5. The van der Waals surface area contributed by atoms with Gasteiger partial charge in [-0.1, -0.05) is 30.3 Å². The van der Waals surface area contributed by atoms with Crippen molar-refractivity contribution < 1.29 is 4.79 Å². The van der Waals surface area contributed by atoms with Gasteiger partial charge in [0.15, 0.2) is 0 Å². The van der Waals surface area contributed by atoms with Gasteiger partial charge in [-0.05, 0) is 31.9 Å². The molecular weight excluding hydrogens is 314 g/mol. The zero-order valence-electron chi connectivity index (χ0n) is 14.6. The second kappa shape index (κ2) is 8.07. The number of amides is 1. The van der Waals surface area contributed by atoms with Gasteiger partial charge in [0.05, 0.1) is 17.3 Å². The second-order valence-electron chi connectivity index (χ2n) is 6.37. The van der Waals surface area contributed by atoms with E-state index in [4.69, 9.17) is 5.73 Å². The summed E-state index contributed by atoms with van der Waals surface area (Å²) in [6.45, 7) is 4.13. The number of hydrogen-bond acceptors (Lipinski definition) is 5. The van der Waals surface area contributed by atoms with Crippen molar-refractivity contribution in [1.82, 2.24) is 14.9 Å². The van der Waals surface area contributed by atoms with Crippen LogP contribution in [0.2, 0.25) is 0 Å². The molecular formula is C19H25N5O. The molecule has 6 heteroatoms. The molecule has 1 aliphatic rings. The first kappa shape index (κ1) is 17.4. The average Bonchev–Trinajstić information content (AvgIpc) is 3.17. The standard InChI is InChI=1S/C19H25N5O/c1-14(15-7-3-2-4-8-15)22-19-21-13-16(17(23-19)9-10-20)18(25)24-11-5-6-12-24/h2-4,7-8,13-14H,5-6,9-12,20H2,1H3,(H,21,22,23)/t14-/m0/s1. The predicted octanol–water partition coefficient (Wildman–Crippen LogP) is 2.39. The summed E-state index contributed by atoms with van der Waals surface area (Å²) in [7, 11) is 0. The maximum Gasteiger partial charge on any atom is 0.257 e. The van der Waals surface area contributed by atoms with Crippen LogP contribution in [0.4, 0.5) is 5.95 Å². The van der Waals surface area contributed by atoms with Gasteiger partial charge in [-0.15, -0.1) is 0 Å². The molecule has 25 heavy (non-hydrogen) atoms. The van der Waals surface area contributed by atoms with E-state index in [1.165, 1.54) is 0 Å². The Morgan fingerprint density at radius 1 is 1.28 bits per heavy atom. The monoisotopic (exact) mass is 339 g/mol. The minimum atomic E-state index is 0.0172. The molecule has 1 amide bonds. The third kappa shape index (κ3) is 4.14. The number of aromatic nitrogens is 2. The van der Waals surface area contributed by atoms with Crippen LogP contribution in [0.3, 0.4) is 0 Å². The largest absolute Gasteiger partial charge is 0.348 e. The van der Waals surface area contributed by atoms with E-state index in [1.54, 1.807) is 6.20 Å². The Labute approximate surface area is 148 Å². The van der Waals surface area contributed by atoms with Crippen LogP contribution in [0.5, 0.6) is 0 Å². The number of nitrogens with one attached hydrogen (secondary N) is 1. The number of nitrogens with two attached hydrogens (primary N) is 1. The summed E-state index contributed by atoms with van der Waals surface area (Å²) in [6.07, 6.45) is 4.32.